The number of methoxy groups -OCH3 is 1. The molecule has 0 bridgehead atoms. The van der Waals surface area contributed by atoms with Gasteiger partial charge >= 0.3 is 5.97 Å². The number of aliphatic hydroxyl groups is 3. The van der Waals surface area contributed by atoms with Gasteiger partial charge in [-0.1, -0.05) is 41.5 Å². The van der Waals surface area contributed by atoms with Crippen LogP contribution in [0.5, 0.6) is 0 Å². The van der Waals surface area contributed by atoms with Crippen LogP contribution in [0.2, 0.25) is 0 Å². The maximum absolute atomic E-state index is 11.8. The molecule has 5 heterocycles. The topological polar surface area (TPSA) is 153 Å². The summed E-state index contributed by atoms with van der Waals surface area (Å²) in [5, 5.41) is 41.8. The summed E-state index contributed by atoms with van der Waals surface area (Å²) in [4.78, 5) is 11.8. The van der Waals surface area contributed by atoms with Crippen LogP contribution in [0.4, 0.5) is 0 Å². The van der Waals surface area contributed by atoms with Gasteiger partial charge in [0.25, 0.3) is 0 Å². The predicted octanol–water partition coefficient (Wildman–Crippen LogP) is 4.27. The van der Waals surface area contributed by atoms with Crippen LogP contribution in [0.25, 0.3) is 0 Å². The van der Waals surface area contributed by atoms with Crippen molar-refractivity contribution in [3.05, 3.63) is 0 Å². The molecule has 11 heteroatoms. The van der Waals surface area contributed by atoms with Gasteiger partial charge in [0.1, 0.15) is 0 Å². The number of ether oxygens (including phenoxy) is 6. The first-order chi connectivity index (χ1) is 22.0. The molecule has 0 aromatic rings. The maximum atomic E-state index is 11.8. The molecule has 5 aliphatic heterocycles. The van der Waals surface area contributed by atoms with E-state index in [1.807, 2.05) is 20.8 Å². The number of carboxylic acid groups (broad SMARTS) is 1. The molecule has 0 aromatic carbocycles. The van der Waals surface area contributed by atoms with Crippen LogP contribution >= 0.6 is 0 Å². The number of carboxylic acids is 1. The molecule has 4 N–H and O–H groups in total. The van der Waals surface area contributed by atoms with Crippen molar-refractivity contribution in [1.82, 2.24) is 0 Å². The number of aliphatic carboxylic acids is 1. The first kappa shape index (κ1) is 37.4. The molecule has 17 atom stereocenters. The van der Waals surface area contributed by atoms with Crippen molar-refractivity contribution in [2.45, 2.75) is 172 Å². The summed E-state index contributed by atoms with van der Waals surface area (Å²) in [5.41, 5.74) is -1.15. The standard InChI is InChI=1S/C36H62O11/c1-10-34(31-20(3)16-26(43-31)28-19(2)15-21(4)36(41,18-37)46-28)12-11-27(44-34)33(8)13-14-35(47-33)17-25(38)22(5)30(45-35)23(6)29(42-9)24(7)32(39)40/h19-31,37-38,41H,10-18H2,1-9H3,(H,39,40)/t19-,20-,21+,22+,23-,24-,25-,26-,27+,28+,29+,30+,31+,33-,34-,35+,36-/m0/s1. The molecule has 0 aromatic heterocycles. The van der Waals surface area contributed by atoms with Crippen LogP contribution in [0.3, 0.4) is 0 Å². The Morgan fingerprint density at radius 2 is 1.72 bits per heavy atom. The van der Waals surface area contributed by atoms with Crippen LogP contribution in [-0.4, -0.2) is 106 Å². The summed E-state index contributed by atoms with van der Waals surface area (Å²) >= 11 is 0. The lowest BCUT2D eigenvalue weighted by atomic mass is 9.78. The predicted molar refractivity (Wildman–Crippen MR) is 172 cm³/mol. The van der Waals surface area contributed by atoms with E-state index in [0.717, 1.165) is 32.1 Å². The van der Waals surface area contributed by atoms with E-state index in [1.165, 1.54) is 7.11 Å². The van der Waals surface area contributed by atoms with Gasteiger partial charge < -0.3 is 48.8 Å². The van der Waals surface area contributed by atoms with Gasteiger partial charge in [-0.15, -0.1) is 0 Å². The fourth-order valence-electron chi connectivity index (χ4n) is 9.91. The zero-order valence-electron chi connectivity index (χ0n) is 30.0. The summed E-state index contributed by atoms with van der Waals surface area (Å²) in [7, 11) is 1.52. The molecule has 272 valence electrons. The van der Waals surface area contributed by atoms with Gasteiger partial charge in [-0.25, -0.2) is 0 Å². The Balaban J connectivity index is 1.29. The van der Waals surface area contributed by atoms with Crippen molar-refractivity contribution < 1.29 is 53.6 Å². The van der Waals surface area contributed by atoms with E-state index in [1.54, 1.807) is 6.92 Å². The van der Waals surface area contributed by atoms with Gasteiger partial charge in [0, 0.05) is 37.7 Å². The molecule has 0 amide bonds. The van der Waals surface area contributed by atoms with Crippen molar-refractivity contribution >= 4 is 5.97 Å². The summed E-state index contributed by atoms with van der Waals surface area (Å²) in [6.45, 7) is 15.6. The molecule has 0 saturated carbocycles. The van der Waals surface area contributed by atoms with E-state index in [9.17, 15) is 25.2 Å². The molecule has 5 rings (SSSR count). The molecule has 5 fully saturated rings. The second kappa shape index (κ2) is 13.7. The average Bonchev–Trinajstić information content (AvgIpc) is 3.73. The second-order valence-corrected chi connectivity index (χ2v) is 16.3. The Kier molecular flexibility index (Phi) is 10.9. The smallest absolute Gasteiger partial charge is 0.308 e. The van der Waals surface area contributed by atoms with Crippen molar-refractivity contribution in [3.8, 4) is 0 Å². The minimum Gasteiger partial charge on any atom is -0.481 e. The van der Waals surface area contributed by atoms with Crippen molar-refractivity contribution in [3.63, 3.8) is 0 Å². The summed E-state index contributed by atoms with van der Waals surface area (Å²) < 4.78 is 39.4. The minimum atomic E-state index is -1.56. The summed E-state index contributed by atoms with van der Waals surface area (Å²) in [5.74, 6) is -4.52. The Bertz CT molecular complexity index is 1110. The number of aliphatic hydroxyl groups excluding tert-OH is 2. The van der Waals surface area contributed by atoms with E-state index in [2.05, 4.69) is 27.7 Å². The number of hydrogen-bond donors (Lipinski definition) is 4. The molecule has 0 radical (unpaired) electrons. The average molecular weight is 671 g/mol. The largest absolute Gasteiger partial charge is 0.481 e. The Labute approximate surface area is 281 Å². The van der Waals surface area contributed by atoms with E-state index < -0.39 is 59.6 Å². The maximum Gasteiger partial charge on any atom is 0.308 e. The van der Waals surface area contributed by atoms with Gasteiger partial charge in [0.15, 0.2) is 11.6 Å². The van der Waals surface area contributed by atoms with Gasteiger partial charge in [-0.2, -0.15) is 0 Å². The normalized spacial score (nSPS) is 50.9. The Hall–Kier alpha value is -0.890. The highest BCUT2D eigenvalue weighted by Crippen LogP contribution is 2.55. The van der Waals surface area contributed by atoms with E-state index in [-0.39, 0.29) is 54.0 Å². The van der Waals surface area contributed by atoms with Crippen LogP contribution in [-0.2, 0) is 33.2 Å². The highest BCUT2D eigenvalue weighted by atomic mass is 16.7. The first-order valence-electron chi connectivity index (χ1n) is 18.1. The molecule has 0 unspecified atom stereocenters. The lowest BCUT2D eigenvalue weighted by Gasteiger charge is -2.49. The number of hydrogen-bond acceptors (Lipinski definition) is 10. The Morgan fingerprint density at radius 1 is 1.02 bits per heavy atom. The monoisotopic (exact) mass is 670 g/mol. The molecule has 5 aliphatic rings. The summed E-state index contributed by atoms with van der Waals surface area (Å²) in [6, 6.07) is 0. The van der Waals surface area contributed by atoms with E-state index >= 15 is 0 Å². The molecule has 1 spiro atoms. The first-order valence-corrected chi connectivity index (χ1v) is 18.1. The van der Waals surface area contributed by atoms with E-state index in [4.69, 9.17) is 28.4 Å². The number of carbonyl (C=O) groups is 1. The van der Waals surface area contributed by atoms with Crippen molar-refractivity contribution in [2.75, 3.05) is 13.7 Å². The zero-order valence-corrected chi connectivity index (χ0v) is 30.0. The van der Waals surface area contributed by atoms with Crippen LogP contribution in [0, 0.1) is 35.5 Å². The molecular weight excluding hydrogens is 608 g/mol. The molecule has 0 aliphatic carbocycles. The quantitative estimate of drug-likeness (QED) is 0.264. The van der Waals surface area contributed by atoms with Gasteiger partial charge in [-0.3, -0.25) is 4.79 Å². The number of rotatable bonds is 10. The van der Waals surface area contributed by atoms with E-state index in [0.29, 0.717) is 19.3 Å². The molecule has 11 nitrogen and oxygen atoms in total. The fourth-order valence-corrected chi connectivity index (χ4v) is 9.91. The summed E-state index contributed by atoms with van der Waals surface area (Å²) in [6.07, 6.45) is 2.99. The van der Waals surface area contributed by atoms with Gasteiger partial charge in [-0.05, 0) is 64.2 Å². The lowest BCUT2D eigenvalue weighted by Crippen LogP contribution is -2.57. The SMILES string of the molecule is CC[C@@]1([C@@H]2O[C@H]([C@@H]3O[C@@](O)(CO)[C@H](C)C[C@@H]3C)C[C@@H]2C)CC[C@H]([C@]2(C)CC[C@]3(C[C@H](O)[C@@H](C)[C@H]([C@@H](C)[C@@H](OC)[C@H](C)C(=O)O)O3)O2)O1. The Morgan fingerprint density at radius 3 is 2.34 bits per heavy atom. The third-order valence-electron chi connectivity index (χ3n) is 13.0. The third-order valence-corrected chi connectivity index (χ3v) is 13.0. The lowest BCUT2D eigenvalue weighted by molar-refractivity contribution is -0.336. The van der Waals surface area contributed by atoms with Gasteiger partial charge in [0.05, 0.1) is 66.5 Å². The highest BCUT2D eigenvalue weighted by Gasteiger charge is 2.62. The minimum absolute atomic E-state index is 0.153. The molecule has 47 heavy (non-hydrogen) atoms. The molecule has 5 saturated heterocycles. The van der Waals surface area contributed by atoms with Crippen molar-refractivity contribution in [2.24, 2.45) is 35.5 Å². The van der Waals surface area contributed by atoms with Gasteiger partial charge in [0.2, 0.25) is 0 Å². The van der Waals surface area contributed by atoms with Crippen LogP contribution in [0.1, 0.15) is 107 Å². The fraction of sp³-hybridized carbons (Fsp3) is 0.972. The zero-order chi connectivity index (χ0) is 34.7. The highest BCUT2D eigenvalue weighted by molar-refractivity contribution is 5.70. The van der Waals surface area contributed by atoms with Crippen LogP contribution < -0.4 is 0 Å². The third kappa shape index (κ3) is 6.67. The second-order valence-electron chi connectivity index (χ2n) is 16.3. The molecular formula is C36H62O11. The van der Waals surface area contributed by atoms with Crippen LogP contribution in [0.15, 0.2) is 0 Å². The van der Waals surface area contributed by atoms with Crippen molar-refractivity contribution in [1.29, 1.82) is 0 Å².